The van der Waals surface area contributed by atoms with E-state index in [1.54, 1.807) is 12.1 Å². The maximum Gasteiger partial charge on any atom is 0.262 e. The molecule has 1 heterocycles. The predicted molar refractivity (Wildman–Crippen MR) is 102 cm³/mol. The maximum atomic E-state index is 12.1. The number of hydrogen-bond donors (Lipinski definition) is 1. The lowest BCUT2D eigenvalue weighted by atomic mass is 10.0. The minimum absolute atomic E-state index is 0.115. The molecule has 1 N–H and O–H groups in total. The molecule has 0 aromatic heterocycles. The summed E-state index contributed by atoms with van der Waals surface area (Å²) < 4.78 is 30.8. The molecule has 0 aliphatic carbocycles. The Hall–Kier alpha value is -2.54. The van der Waals surface area contributed by atoms with Gasteiger partial charge in [-0.15, -0.1) is 0 Å². The van der Waals surface area contributed by atoms with E-state index in [2.05, 4.69) is 5.32 Å². The third-order valence-electron chi connectivity index (χ3n) is 4.24. The van der Waals surface area contributed by atoms with Crippen LogP contribution in [0, 0.1) is 6.92 Å². The third kappa shape index (κ3) is 4.35. The Labute approximate surface area is 153 Å². The molecule has 0 bridgehead atoms. The quantitative estimate of drug-likeness (QED) is 0.873. The van der Waals surface area contributed by atoms with E-state index in [0.717, 1.165) is 24.0 Å². The molecule has 7 heteroatoms. The molecule has 0 radical (unpaired) electrons. The number of nitrogens with zero attached hydrogens (tertiary/aromatic N) is 1. The van der Waals surface area contributed by atoms with Crippen molar-refractivity contribution in [3.63, 3.8) is 0 Å². The topological polar surface area (TPSA) is 75.7 Å². The zero-order chi connectivity index (χ0) is 18.7. The number of carbonyl (C=O) groups is 1. The first-order valence-electron chi connectivity index (χ1n) is 8.43. The van der Waals surface area contributed by atoms with E-state index in [1.165, 1.54) is 10.6 Å². The molecule has 0 atom stereocenters. The summed E-state index contributed by atoms with van der Waals surface area (Å²) >= 11 is 0. The number of hydrogen-bond acceptors (Lipinski definition) is 4. The second-order valence-electron chi connectivity index (χ2n) is 6.43. The highest BCUT2D eigenvalue weighted by atomic mass is 32.2. The van der Waals surface area contributed by atoms with E-state index in [-0.39, 0.29) is 12.5 Å². The van der Waals surface area contributed by atoms with Crippen molar-refractivity contribution in [2.24, 2.45) is 0 Å². The van der Waals surface area contributed by atoms with Crippen molar-refractivity contribution in [1.29, 1.82) is 0 Å². The molecule has 0 unspecified atom stereocenters. The Bertz CT molecular complexity index is 908. The normalized spacial score (nSPS) is 13.8. The number of anilines is 2. The van der Waals surface area contributed by atoms with Gasteiger partial charge in [-0.3, -0.25) is 9.10 Å². The van der Waals surface area contributed by atoms with Crippen LogP contribution in [0.15, 0.2) is 42.5 Å². The van der Waals surface area contributed by atoms with Crippen LogP contribution >= 0.6 is 0 Å². The van der Waals surface area contributed by atoms with Gasteiger partial charge in [-0.1, -0.05) is 23.8 Å². The monoisotopic (exact) mass is 374 g/mol. The highest BCUT2D eigenvalue weighted by Gasteiger charge is 2.24. The van der Waals surface area contributed by atoms with Crippen molar-refractivity contribution in [1.82, 2.24) is 0 Å². The predicted octanol–water partition coefficient (Wildman–Crippen LogP) is 2.72. The summed E-state index contributed by atoms with van der Waals surface area (Å²) in [5.74, 6) is 0.326. The minimum Gasteiger partial charge on any atom is -0.484 e. The van der Waals surface area contributed by atoms with Crippen LogP contribution in [0.4, 0.5) is 11.4 Å². The van der Waals surface area contributed by atoms with Gasteiger partial charge in [0, 0.05) is 12.2 Å². The first kappa shape index (κ1) is 18.3. The fourth-order valence-corrected chi connectivity index (χ4v) is 3.93. The van der Waals surface area contributed by atoms with Crippen LogP contribution in [0.1, 0.15) is 17.5 Å². The summed E-state index contributed by atoms with van der Waals surface area (Å²) in [6.07, 6.45) is 2.81. The summed E-state index contributed by atoms with van der Waals surface area (Å²) in [7, 11) is -3.34. The summed E-state index contributed by atoms with van der Waals surface area (Å²) in [6, 6.07) is 12.8. The van der Waals surface area contributed by atoms with Crippen LogP contribution in [-0.2, 0) is 21.2 Å². The summed E-state index contributed by atoms with van der Waals surface area (Å²) in [5.41, 5.74) is 3.27. The number of ether oxygens (including phenoxy) is 1. The lowest BCUT2D eigenvalue weighted by Crippen LogP contribution is -2.34. The highest BCUT2D eigenvalue weighted by Crippen LogP contribution is 2.31. The number of sulfonamides is 1. The van der Waals surface area contributed by atoms with Crippen LogP contribution in [-0.4, -0.2) is 33.7 Å². The van der Waals surface area contributed by atoms with Crippen molar-refractivity contribution in [3.05, 3.63) is 53.6 Å². The molecule has 1 amide bonds. The van der Waals surface area contributed by atoms with E-state index < -0.39 is 10.0 Å². The Morgan fingerprint density at radius 1 is 1.19 bits per heavy atom. The zero-order valence-corrected chi connectivity index (χ0v) is 15.7. The van der Waals surface area contributed by atoms with Crippen molar-refractivity contribution >= 4 is 27.3 Å². The number of benzene rings is 2. The lowest BCUT2D eigenvalue weighted by Gasteiger charge is -2.29. The van der Waals surface area contributed by atoms with Gasteiger partial charge in [0.1, 0.15) is 5.75 Å². The summed E-state index contributed by atoms with van der Waals surface area (Å²) in [5, 5.41) is 2.76. The molecule has 0 spiro atoms. The standard InChI is InChI=1S/C19H22N2O4S/c1-14-5-9-17(10-6-14)25-13-19(22)20-16-8-7-15-4-3-11-21(18(15)12-16)26(2,23)24/h5-10,12H,3-4,11,13H2,1-2H3,(H,20,22). The lowest BCUT2D eigenvalue weighted by molar-refractivity contribution is -0.118. The summed E-state index contributed by atoms with van der Waals surface area (Å²) in [4.78, 5) is 12.1. The van der Waals surface area contributed by atoms with Crippen molar-refractivity contribution in [2.45, 2.75) is 19.8 Å². The molecule has 3 rings (SSSR count). The first-order chi connectivity index (χ1) is 12.3. The molecule has 0 saturated heterocycles. The minimum atomic E-state index is -3.34. The molecule has 26 heavy (non-hydrogen) atoms. The number of carbonyl (C=O) groups excluding carboxylic acids is 1. The Morgan fingerprint density at radius 2 is 1.92 bits per heavy atom. The second kappa shape index (κ2) is 7.37. The SMILES string of the molecule is Cc1ccc(OCC(=O)Nc2ccc3c(c2)N(S(C)(=O)=O)CCC3)cc1. The van der Waals surface area contributed by atoms with Crippen LogP contribution < -0.4 is 14.4 Å². The van der Waals surface area contributed by atoms with E-state index in [9.17, 15) is 13.2 Å². The van der Waals surface area contributed by atoms with Gasteiger partial charge >= 0.3 is 0 Å². The van der Waals surface area contributed by atoms with E-state index >= 15 is 0 Å². The van der Waals surface area contributed by atoms with Gasteiger partial charge < -0.3 is 10.1 Å². The van der Waals surface area contributed by atoms with E-state index in [4.69, 9.17) is 4.74 Å². The van der Waals surface area contributed by atoms with Gasteiger partial charge in [0.15, 0.2) is 6.61 Å². The molecule has 2 aromatic rings. The van der Waals surface area contributed by atoms with Gasteiger partial charge in [0.05, 0.1) is 11.9 Å². The number of fused-ring (bicyclic) bond motifs is 1. The smallest absolute Gasteiger partial charge is 0.262 e. The number of rotatable bonds is 5. The molecule has 1 aliphatic heterocycles. The summed E-state index contributed by atoms with van der Waals surface area (Å²) in [6.45, 7) is 2.32. The van der Waals surface area contributed by atoms with Crippen LogP contribution in [0.2, 0.25) is 0 Å². The molecular formula is C19H22N2O4S. The van der Waals surface area contributed by atoms with Gasteiger partial charge in [0.25, 0.3) is 5.91 Å². The Kier molecular flexibility index (Phi) is 5.18. The van der Waals surface area contributed by atoms with Crippen molar-refractivity contribution in [3.8, 4) is 5.75 Å². The number of nitrogens with one attached hydrogen (secondary N) is 1. The van der Waals surface area contributed by atoms with Crippen molar-refractivity contribution in [2.75, 3.05) is 29.0 Å². The third-order valence-corrected chi connectivity index (χ3v) is 5.42. The fourth-order valence-electron chi connectivity index (χ4n) is 2.94. The van der Waals surface area contributed by atoms with Gasteiger partial charge in [-0.05, 0) is 49.6 Å². The molecular weight excluding hydrogens is 352 g/mol. The Balaban J connectivity index is 1.68. The van der Waals surface area contributed by atoms with Crippen LogP contribution in [0.25, 0.3) is 0 Å². The number of amides is 1. The molecule has 1 aliphatic rings. The van der Waals surface area contributed by atoms with Crippen LogP contribution in [0.3, 0.4) is 0 Å². The van der Waals surface area contributed by atoms with Gasteiger partial charge in [-0.2, -0.15) is 0 Å². The molecule has 6 nitrogen and oxygen atoms in total. The first-order valence-corrected chi connectivity index (χ1v) is 10.3. The zero-order valence-electron chi connectivity index (χ0n) is 14.9. The molecule has 2 aromatic carbocycles. The van der Waals surface area contributed by atoms with Crippen LogP contribution in [0.5, 0.6) is 5.75 Å². The van der Waals surface area contributed by atoms with E-state index in [1.807, 2.05) is 37.3 Å². The van der Waals surface area contributed by atoms with E-state index in [0.29, 0.717) is 23.7 Å². The Morgan fingerprint density at radius 3 is 2.62 bits per heavy atom. The average Bonchev–Trinajstić information content (AvgIpc) is 2.60. The second-order valence-corrected chi connectivity index (χ2v) is 8.34. The largest absolute Gasteiger partial charge is 0.484 e. The highest BCUT2D eigenvalue weighted by molar-refractivity contribution is 7.92. The average molecular weight is 374 g/mol. The van der Waals surface area contributed by atoms with Gasteiger partial charge in [-0.25, -0.2) is 8.42 Å². The molecule has 0 saturated carbocycles. The maximum absolute atomic E-state index is 12.1. The molecule has 0 fully saturated rings. The molecule has 138 valence electrons. The van der Waals surface area contributed by atoms with Crippen molar-refractivity contribution < 1.29 is 17.9 Å². The number of aryl methyl sites for hydroxylation is 2. The fraction of sp³-hybridized carbons (Fsp3) is 0.316. The van der Waals surface area contributed by atoms with Gasteiger partial charge in [0.2, 0.25) is 10.0 Å².